The predicted octanol–water partition coefficient (Wildman–Crippen LogP) is -0.236. The zero-order valence-electron chi connectivity index (χ0n) is 10.3. The monoisotopic (exact) mass is 250 g/mol. The molecule has 0 aliphatic heterocycles. The van der Waals surface area contributed by atoms with Crippen LogP contribution < -0.4 is 15.8 Å². The average Bonchev–Trinajstić information content (AvgIpc) is 2.74. The van der Waals surface area contributed by atoms with E-state index in [4.69, 9.17) is 10.5 Å². The van der Waals surface area contributed by atoms with Crippen LogP contribution in [0.4, 0.5) is 11.9 Å². The maximum absolute atomic E-state index is 5.54. The highest BCUT2D eigenvalue weighted by Crippen LogP contribution is 2.15. The number of aromatic nitrogens is 6. The second-order valence-electron chi connectivity index (χ2n) is 3.67. The van der Waals surface area contributed by atoms with Gasteiger partial charge >= 0.3 is 6.01 Å². The third-order valence-electron chi connectivity index (χ3n) is 2.29. The van der Waals surface area contributed by atoms with Crippen LogP contribution in [0.5, 0.6) is 6.01 Å². The Hall–Kier alpha value is -2.45. The molecule has 2 aromatic heterocycles. The van der Waals surface area contributed by atoms with E-state index in [0.717, 1.165) is 5.82 Å². The van der Waals surface area contributed by atoms with Crippen LogP contribution in [0.15, 0.2) is 6.33 Å². The van der Waals surface area contributed by atoms with Gasteiger partial charge in [-0.2, -0.15) is 15.0 Å². The van der Waals surface area contributed by atoms with Gasteiger partial charge in [-0.15, -0.1) is 10.2 Å². The van der Waals surface area contributed by atoms with Crippen LogP contribution in [0.3, 0.4) is 0 Å². The molecule has 3 N–H and O–H groups in total. The minimum atomic E-state index is -0.121. The van der Waals surface area contributed by atoms with Crippen molar-refractivity contribution < 1.29 is 4.74 Å². The maximum atomic E-state index is 5.54. The molecule has 0 aliphatic carbocycles. The van der Waals surface area contributed by atoms with Crippen molar-refractivity contribution in [2.24, 2.45) is 7.05 Å². The summed E-state index contributed by atoms with van der Waals surface area (Å²) in [7, 11) is 3.32. The van der Waals surface area contributed by atoms with Gasteiger partial charge in [0, 0.05) is 7.05 Å². The van der Waals surface area contributed by atoms with Gasteiger partial charge in [0.1, 0.15) is 6.33 Å². The molecule has 18 heavy (non-hydrogen) atoms. The fourth-order valence-electron chi connectivity index (χ4n) is 1.47. The van der Waals surface area contributed by atoms with Crippen LogP contribution in [-0.2, 0) is 7.05 Å². The number of nitrogens with two attached hydrogens (primary N) is 1. The number of nitrogens with zero attached hydrogens (tertiary/aromatic N) is 6. The molecule has 2 aromatic rings. The summed E-state index contributed by atoms with van der Waals surface area (Å²) in [4.78, 5) is 11.8. The number of ether oxygens (including phenoxy) is 1. The molecule has 0 radical (unpaired) electrons. The third-order valence-corrected chi connectivity index (χ3v) is 2.29. The smallest absolute Gasteiger partial charge is 0.322 e. The van der Waals surface area contributed by atoms with E-state index in [9.17, 15) is 0 Å². The van der Waals surface area contributed by atoms with Crippen LogP contribution in [0.2, 0.25) is 0 Å². The Morgan fingerprint density at radius 3 is 2.78 bits per heavy atom. The average molecular weight is 250 g/mol. The fourth-order valence-corrected chi connectivity index (χ4v) is 1.47. The summed E-state index contributed by atoms with van der Waals surface area (Å²) in [5.41, 5.74) is 5.54. The summed E-state index contributed by atoms with van der Waals surface area (Å²) in [6.45, 7) is 1.91. The molecule has 9 heteroatoms. The summed E-state index contributed by atoms with van der Waals surface area (Å²) in [5, 5.41) is 10.9. The van der Waals surface area contributed by atoms with Crippen molar-refractivity contribution in [2.45, 2.75) is 13.0 Å². The second-order valence-corrected chi connectivity index (χ2v) is 3.67. The first-order valence-electron chi connectivity index (χ1n) is 5.26. The summed E-state index contributed by atoms with van der Waals surface area (Å²) in [5.74, 6) is 1.18. The Balaban J connectivity index is 2.19. The maximum Gasteiger partial charge on any atom is 0.322 e. The lowest BCUT2D eigenvalue weighted by Gasteiger charge is -2.13. The van der Waals surface area contributed by atoms with Gasteiger partial charge in [0.25, 0.3) is 0 Å². The predicted molar refractivity (Wildman–Crippen MR) is 63.8 cm³/mol. The first kappa shape index (κ1) is 12.0. The molecular formula is C9H14N8O. The van der Waals surface area contributed by atoms with E-state index in [2.05, 4.69) is 30.5 Å². The number of hydrogen-bond donors (Lipinski definition) is 2. The number of anilines is 2. The molecule has 2 heterocycles. The van der Waals surface area contributed by atoms with E-state index in [1.54, 1.807) is 10.9 Å². The molecule has 96 valence electrons. The van der Waals surface area contributed by atoms with Crippen molar-refractivity contribution in [1.29, 1.82) is 0 Å². The summed E-state index contributed by atoms with van der Waals surface area (Å²) >= 11 is 0. The van der Waals surface area contributed by atoms with Crippen molar-refractivity contribution in [3.05, 3.63) is 12.2 Å². The molecule has 0 aromatic carbocycles. The van der Waals surface area contributed by atoms with Crippen LogP contribution in [0, 0.1) is 0 Å². The molecular weight excluding hydrogens is 236 g/mol. The molecule has 0 fully saturated rings. The quantitative estimate of drug-likeness (QED) is 0.763. The minimum absolute atomic E-state index is 0.0921. The molecule has 0 saturated carbocycles. The summed E-state index contributed by atoms with van der Waals surface area (Å²) in [6.07, 6.45) is 1.62. The Kier molecular flexibility index (Phi) is 3.22. The fraction of sp³-hybridized carbons (Fsp3) is 0.444. The van der Waals surface area contributed by atoms with E-state index in [0.29, 0.717) is 5.95 Å². The van der Waals surface area contributed by atoms with Crippen LogP contribution in [-0.4, -0.2) is 36.8 Å². The molecule has 0 bridgehead atoms. The minimum Gasteiger partial charge on any atom is -0.467 e. The number of nitrogens with one attached hydrogen (secondary N) is 1. The Morgan fingerprint density at radius 1 is 1.39 bits per heavy atom. The largest absolute Gasteiger partial charge is 0.467 e. The van der Waals surface area contributed by atoms with Gasteiger partial charge in [-0.05, 0) is 6.92 Å². The van der Waals surface area contributed by atoms with Crippen molar-refractivity contribution >= 4 is 11.9 Å². The highest BCUT2D eigenvalue weighted by Gasteiger charge is 2.13. The summed E-state index contributed by atoms with van der Waals surface area (Å²) in [6, 6.07) is 0.0409. The molecule has 0 amide bonds. The van der Waals surface area contributed by atoms with Gasteiger partial charge in [-0.3, -0.25) is 0 Å². The Bertz CT molecular complexity index is 539. The first-order valence-corrected chi connectivity index (χ1v) is 5.26. The van der Waals surface area contributed by atoms with E-state index in [1.165, 1.54) is 7.11 Å². The zero-order chi connectivity index (χ0) is 13.1. The van der Waals surface area contributed by atoms with Crippen LogP contribution >= 0.6 is 0 Å². The number of nitrogen functional groups attached to an aromatic ring is 1. The van der Waals surface area contributed by atoms with Gasteiger partial charge in [0.05, 0.1) is 13.2 Å². The molecule has 0 aliphatic rings. The molecule has 1 atom stereocenters. The summed E-state index contributed by atoms with van der Waals surface area (Å²) < 4.78 is 6.72. The number of aryl methyl sites for hydroxylation is 1. The normalized spacial score (nSPS) is 12.2. The SMILES string of the molecule is COc1nc(N)nc(NC(C)c2nncn2C)n1. The van der Waals surface area contributed by atoms with E-state index in [1.807, 2.05) is 14.0 Å². The lowest BCUT2D eigenvalue weighted by molar-refractivity contribution is 0.379. The van der Waals surface area contributed by atoms with E-state index < -0.39 is 0 Å². The zero-order valence-corrected chi connectivity index (χ0v) is 10.3. The van der Waals surface area contributed by atoms with Crippen molar-refractivity contribution in [2.75, 3.05) is 18.2 Å². The van der Waals surface area contributed by atoms with Crippen molar-refractivity contribution in [3.8, 4) is 6.01 Å². The first-order chi connectivity index (χ1) is 8.60. The van der Waals surface area contributed by atoms with E-state index in [-0.39, 0.29) is 18.0 Å². The molecule has 9 nitrogen and oxygen atoms in total. The molecule has 0 spiro atoms. The van der Waals surface area contributed by atoms with E-state index >= 15 is 0 Å². The van der Waals surface area contributed by atoms with Crippen LogP contribution in [0.25, 0.3) is 0 Å². The van der Waals surface area contributed by atoms with Crippen molar-refractivity contribution in [3.63, 3.8) is 0 Å². The lowest BCUT2D eigenvalue weighted by Crippen LogP contribution is -2.15. The van der Waals surface area contributed by atoms with Gasteiger partial charge in [-0.25, -0.2) is 0 Å². The number of rotatable bonds is 4. The van der Waals surface area contributed by atoms with Crippen LogP contribution in [0.1, 0.15) is 18.8 Å². The molecule has 2 rings (SSSR count). The van der Waals surface area contributed by atoms with Gasteiger partial charge in [-0.1, -0.05) is 0 Å². The molecule has 1 unspecified atom stereocenters. The second kappa shape index (κ2) is 4.82. The standard InChI is InChI=1S/C9H14N8O/c1-5(6-16-11-4-17(6)2)12-8-13-7(10)14-9(15-8)18-3/h4-5H,1-3H3,(H3,10,12,13,14,15). The van der Waals surface area contributed by atoms with Gasteiger partial charge < -0.3 is 20.4 Å². The van der Waals surface area contributed by atoms with Gasteiger partial charge in [0.2, 0.25) is 11.9 Å². The Morgan fingerprint density at radius 2 is 2.17 bits per heavy atom. The highest BCUT2D eigenvalue weighted by atomic mass is 16.5. The van der Waals surface area contributed by atoms with Gasteiger partial charge in [0.15, 0.2) is 5.82 Å². The Labute approximate surface area is 103 Å². The topological polar surface area (TPSA) is 117 Å². The van der Waals surface area contributed by atoms with Crippen molar-refractivity contribution in [1.82, 2.24) is 29.7 Å². The number of hydrogen-bond acceptors (Lipinski definition) is 8. The molecule has 0 saturated heterocycles. The highest BCUT2D eigenvalue weighted by molar-refractivity contribution is 5.34. The third kappa shape index (κ3) is 2.44. The lowest BCUT2D eigenvalue weighted by atomic mass is 10.3. The number of methoxy groups -OCH3 is 1.